The smallest absolute Gasteiger partial charge is 0.257 e. The first kappa shape index (κ1) is 17.0. The van der Waals surface area contributed by atoms with Gasteiger partial charge in [-0.05, 0) is 30.3 Å². The minimum Gasteiger partial charge on any atom is -0.493 e. The maximum Gasteiger partial charge on any atom is 0.257 e. The molecule has 0 atom stereocenters. The van der Waals surface area contributed by atoms with E-state index in [4.69, 9.17) is 9.47 Å². The number of nitrogens with zero attached hydrogens (tertiary/aromatic N) is 2. The largest absolute Gasteiger partial charge is 0.493 e. The number of hydrogen-bond acceptors (Lipinski definition) is 6. The second-order valence-corrected chi connectivity index (χ2v) is 6.45. The Kier molecular flexibility index (Phi) is 4.67. The zero-order valence-corrected chi connectivity index (χ0v) is 15.2. The van der Waals surface area contributed by atoms with Gasteiger partial charge in [-0.15, -0.1) is 11.3 Å². The fraction of sp³-hybridized carbons (Fsp3) is 0.0500. The molecule has 0 unspecified atom stereocenters. The zero-order valence-electron chi connectivity index (χ0n) is 14.4. The van der Waals surface area contributed by atoms with Gasteiger partial charge in [-0.2, -0.15) is 0 Å². The molecule has 2 heterocycles. The van der Waals surface area contributed by atoms with Crippen molar-refractivity contribution in [2.75, 3.05) is 12.4 Å². The lowest BCUT2D eigenvalue weighted by molar-refractivity contribution is 0.102. The number of ether oxygens (including phenoxy) is 2. The molecule has 4 aromatic rings. The number of amides is 1. The fourth-order valence-electron chi connectivity index (χ4n) is 2.59. The molecule has 0 aliphatic carbocycles. The Bertz CT molecular complexity index is 1090. The predicted octanol–water partition coefficient (Wildman–Crippen LogP) is 4.74. The molecule has 1 N–H and O–H groups in total. The van der Waals surface area contributed by atoms with Gasteiger partial charge in [0.2, 0.25) is 5.88 Å². The van der Waals surface area contributed by atoms with Gasteiger partial charge < -0.3 is 14.8 Å². The average molecular weight is 377 g/mol. The lowest BCUT2D eigenvalue weighted by Gasteiger charge is -2.10. The number of anilines is 1. The third-order valence-corrected chi connectivity index (χ3v) is 4.75. The molecule has 0 radical (unpaired) electrons. The molecule has 0 aliphatic heterocycles. The summed E-state index contributed by atoms with van der Waals surface area (Å²) >= 11 is 1.44. The second kappa shape index (κ2) is 7.43. The molecule has 0 saturated carbocycles. The molecule has 4 rings (SSSR count). The number of aromatic nitrogens is 2. The van der Waals surface area contributed by atoms with E-state index in [-0.39, 0.29) is 5.91 Å². The van der Waals surface area contributed by atoms with Crippen LogP contribution in [-0.2, 0) is 0 Å². The van der Waals surface area contributed by atoms with E-state index < -0.39 is 0 Å². The Hall–Kier alpha value is -3.45. The van der Waals surface area contributed by atoms with Gasteiger partial charge in [0.15, 0.2) is 11.5 Å². The number of fused-ring (bicyclic) bond motifs is 1. The number of hydrogen-bond donors (Lipinski definition) is 1. The van der Waals surface area contributed by atoms with Crippen molar-refractivity contribution in [3.05, 3.63) is 71.9 Å². The van der Waals surface area contributed by atoms with Crippen LogP contribution in [0.1, 0.15) is 10.4 Å². The maximum absolute atomic E-state index is 12.6. The number of nitrogens with one attached hydrogen (secondary N) is 1. The van der Waals surface area contributed by atoms with Crippen LogP contribution in [0.2, 0.25) is 0 Å². The highest BCUT2D eigenvalue weighted by Crippen LogP contribution is 2.30. The van der Waals surface area contributed by atoms with E-state index >= 15 is 0 Å². The van der Waals surface area contributed by atoms with E-state index in [0.717, 1.165) is 10.2 Å². The molecule has 0 spiro atoms. The SMILES string of the molecule is COc1ccccc1Oc1ccc(NC(=O)c2cccc3ncsc23)cn1. The van der Waals surface area contributed by atoms with E-state index in [1.54, 1.807) is 43.1 Å². The third kappa shape index (κ3) is 3.58. The van der Waals surface area contributed by atoms with Gasteiger partial charge in [0, 0.05) is 6.07 Å². The van der Waals surface area contributed by atoms with Gasteiger partial charge in [0.1, 0.15) is 0 Å². The van der Waals surface area contributed by atoms with E-state index in [9.17, 15) is 4.79 Å². The molecule has 0 aliphatic rings. The van der Waals surface area contributed by atoms with Crippen LogP contribution in [0, 0.1) is 0 Å². The van der Waals surface area contributed by atoms with Gasteiger partial charge in [-0.25, -0.2) is 9.97 Å². The predicted molar refractivity (Wildman–Crippen MR) is 105 cm³/mol. The van der Waals surface area contributed by atoms with Crippen molar-refractivity contribution in [3.63, 3.8) is 0 Å². The minimum absolute atomic E-state index is 0.204. The van der Waals surface area contributed by atoms with Crippen molar-refractivity contribution >= 4 is 33.1 Å². The second-order valence-electron chi connectivity index (χ2n) is 5.60. The first-order chi connectivity index (χ1) is 13.2. The number of rotatable bonds is 5. The monoisotopic (exact) mass is 377 g/mol. The van der Waals surface area contributed by atoms with Crippen LogP contribution < -0.4 is 14.8 Å². The summed E-state index contributed by atoms with van der Waals surface area (Å²) in [7, 11) is 1.58. The van der Waals surface area contributed by atoms with Crippen molar-refractivity contribution in [2.45, 2.75) is 0 Å². The number of pyridine rings is 1. The van der Waals surface area contributed by atoms with Crippen LogP contribution in [0.15, 0.2) is 66.3 Å². The minimum atomic E-state index is -0.204. The molecule has 134 valence electrons. The lowest BCUT2D eigenvalue weighted by atomic mass is 10.2. The van der Waals surface area contributed by atoms with Gasteiger partial charge in [0.25, 0.3) is 5.91 Å². The molecule has 27 heavy (non-hydrogen) atoms. The number of carbonyl (C=O) groups excluding carboxylic acids is 1. The molecular formula is C20H15N3O3S. The summed E-state index contributed by atoms with van der Waals surface area (Å²) in [6.45, 7) is 0. The summed E-state index contributed by atoms with van der Waals surface area (Å²) in [5.41, 5.74) is 3.71. The van der Waals surface area contributed by atoms with Crippen LogP contribution in [0.25, 0.3) is 10.2 Å². The van der Waals surface area contributed by atoms with E-state index in [0.29, 0.717) is 28.6 Å². The van der Waals surface area contributed by atoms with Gasteiger partial charge in [-0.1, -0.05) is 18.2 Å². The van der Waals surface area contributed by atoms with Crippen LogP contribution in [0.5, 0.6) is 17.4 Å². The molecule has 2 aromatic heterocycles. The third-order valence-electron chi connectivity index (χ3n) is 3.88. The summed E-state index contributed by atoms with van der Waals surface area (Å²) in [5, 5.41) is 2.85. The number of methoxy groups -OCH3 is 1. The zero-order chi connectivity index (χ0) is 18.6. The standard InChI is InChI=1S/C20H15N3O3S/c1-25-16-7-2-3-8-17(16)26-18-10-9-13(11-21-18)23-20(24)14-5-4-6-15-19(14)27-12-22-15/h2-12H,1H3,(H,23,24). The van der Waals surface area contributed by atoms with Crippen molar-refractivity contribution in [1.82, 2.24) is 9.97 Å². The van der Waals surface area contributed by atoms with Crippen LogP contribution in [-0.4, -0.2) is 23.0 Å². The quantitative estimate of drug-likeness (QED) is 0.544. The van der Waals surface area contributed by atoms with Crippen molar-refractivity contribution in [2.24, 2.45) is 0 Å². The van der Waals surface area contributed by atoms with Crippen LogP contribution in [0.4, 0.5) is 5.69 Å². The molecule has 0 fully saturated rings. The highest BCUT2D eigenvalue weighted by Gasteiger charge is 2.12. The van der Waals surface area contributed by atoms with Gasteiger partial charge in [-0.3, -0.25) is 4.79 Å². The molecule has 1 amide bonds. The Balaban J connectivity index is 1.49. The summed E-state index contributed by atoms with van der Waals surface area (Å²) in [6.07, 6.45) is 1.55. The first-order valence-corrected chi connectivity index (χ1v) is 9.03. The summed E-state index contributed by atoms with van der Waals surface area (Å²) in [4.78, 5) is 21.1. The highest BCUT2D eigenvalue weighted by molar-refractivity contribution is 7.17. The summed E-state index contributed by atoms with van der Waals surface area (Å²) < 4.78 is 11.9. The molecule has 0 bridgehead atoms. The normalized spacial score (nSPS) is 10.6. The number of thiazole rings is 1. The highest BCUT2D eigenvalue weighted by atomic mass is 32.1. The number of benzene rings is 2. The average Bonchev–Trinajstić information content (AvgIpc) is 3.18. The molecule has 2 aromatic carbocycles. The maximum atomic E-state index is 12.6. The van der Waals surface area contributed by atoms with Crippen molar-refractivity contribution in [1.29, 1.82) is 0 Å². The molecule has 0 saturated heterocycles. The van der Waals surface area contributed by atoms with E-state index in [1.165, 1.54) is 11.3 Å². The topological polar surface area (TPSA) is 73.3 Å². The van der Waals surface area contributed by atoms with Gasteiger partial charge in [0.05, 0.1) is 40.3 Å². The summed E-state index contributed by atoms with van der Waals surface area (Å²) in [6, 6.07) is 16.2. The van der Waals surface area contributed by atoms with Crippen molar-refractivity contribution in [3.8, 4) is 17.4 Å². The first-order valence-electron chi connectivity index (χ1n) is 8.15. The van der Waals surface area contributed by atoms with Crippen LogP contribution >= 0.6 is 11.3 Å². The van der Waals surface area contributed by atoms with Crippen molar-refractivity contribution < 1.29 is 14.3 Å². The fourth-order valence-corrected chi connectivity index (χ4v) is 3.39. The van der Waals surface area contributed by atoms with E-state index in [1.807, 2.05) is 30.3 Å². The van der Waals surface area contributed by atoms with Crippen LogP contribution in [0.3, 0.4) is 0 Å². The summed E-state index contributed by atoms with van der Waals surface area (Å²) in [5.74, 6) is 1.39. The Labute approximate surface area is 159 Å². The Morgan fingerprint density at radius 3 is 2.63 bits per heavy atom. The molecule has 7 heteroatoms. The number of carbonyl (C=O) groups is 1. The Morgan fingerprint density at radius 2 is 1.85 bits per heavy atom. The van der Waals surface area contributed by atoms with E-state index in [2.05, 4.69) is 15.3 Å². The Morgan fingerprint density at radius 1 is 1.00 bits per heavy atom. The lowest BCUT2D eigenvalue weighted by Crippen LogP contribution is -2.12. The molecule has 6 nitrogen and oxygen atoms in total. The molecular weight excluding hydrogens is 362 g/mol. The number of para-hydroxylation sites is 2. The van der Waals surface area contributed by atoms with Gasteiger partial charge >= 0.3 is 0 Å².